The van der Waals surface area contributed by atoms with Crippen LogP contribution in [0.2, 0.25) is 0 Å². The molecule has 1 N–H and O–H groups in total. The Morgan fingerprint density at radius 2 is 1.86 bits per heavy atom. The van der Waals surface area contributed by atoms with E-state index in [2.05, 4.69) is 14.3 Å². The topological polar surface area (TPSA) is 99.5 Å². The van der Waals surface area contributed by atoms with Crippen molar-refractivity contribution in [2.24, 2.45) is 0 Å². The minimum atomic E-state index is -3.65. The summed E-state index contributed by atoms with van der Waals surface area (Å²) in [5.41, 5.74) is 0.711. The molecule has 1 fully saturated rings. The van der Waals surface area contributed by atoms with Crippen LogP contribution in [0.1, 0.15) is 0 Å². The smallest absolute Gasteiger partial charge is 0.408 e. The number of piperazine rings is 1. The van der Waals surface area contributed by atoms with E-state index in [0.29, 0.717) is 37.3 Å². The van der Waals surface area contributed by atoms with Crippen LogP contribution in [0.15, 0.2) is 56.6 Å². The Kier molecular flexibility index (Phi) is 4.00. The summed E-state index contributed by atoms with van der Waals surface area (Å²) >= 11 is 1.45. The molecule has 4 aromatic rings. The van der Waals surface area contributed by atoms with Crippen molar-refractivity contribution in [1.82, 2.24) is 13.7 Å². The molecule has 0 unspecified atom stereocenters. The van der Waals surface area contributed by atoms with Gasteiger partial charge in [0.2, 0.25) is 10.0 Å². The van der Waals surface area contributed by atoms with Crippen LogP contribution < -0.4 is 10.7 Å². The van der Waals surface area contributed by atoms with Crippen molar-refractivity contribution in [2.75, 3.05) is 31.1 Å². The van der Waals surface area contributed by atoms with Crippen LogP contribution >= 0.6 is 11.5 Å². The predicted molar refractivity (Wildman–Crippen MR) is 107 cm³/mol. The van der Waals surface area contributed by atoms with Gasteiger partial charge in [-0.05, 0) is 41.9 Å². The van der Waals surface area contributed by atoms with Gasteiger partial charge in [0.15, 0.2) is 5.58 Å². The molecule has 1 saturated heterocycles. The minimum absolute atomic E-state index is 0.143. The Morgan fingerprint density at radius 3 is 2.68 bits per heavy atom. The van der Waals surface area contributed by atoms with Gasteiger partial charge in [-0.15, -0.1) is 0 Å². The van der Waals surface area contributed by atoms with Gasteiger partial charge in [0.25, 0.3) is 0 Å². The van der Waals surface area contributed by atoms with Gasteiger partial charge >= 0.3 is 5.76 Å². The highest BCUT2D eigenvalue weighted by atomic mass is 32.2. The van der Waals surface area contributed by atoms with Crippen molar-refractivity contribution in [3.8, 4) is 0 Å². The average molecular weight is 416 g/mol. The molecule has 2 aromatic heterocycles. The highest BCUT2D eigenvalue weighted by molar-refractivity contribution is 7.89. The molecule has 8 nitrogen and oxygen atoms in total. The maximum atomic E-state index is 13.0. The van der Waals surface area contributed by atoms with E-state index >= 15 is 0 Å². The molecule has 0 spiro atoms. The van der Waals surface area contributed by atoms with Crippen molar-refractivity contribution in [1.29, 1.82) is 0 Å². The summed E-state index contributed by atoms with van der Waals surface area (Å²) in [5.74, 6) is 0.309. The molecule has 0 atom stereocenters. The number of nitrogens with one attached hydrogen (secondary N) is 1. The number of fused-ring (bicyclic) bond motifs is 2. The number of H-pyrrole nitrogens is 1. The van der Waals surface area contributed by atoms with Crippen LogP contribution in [0.5, 0.6) is 0 Å². The van der Waals surface area contributed by atoms with Gasteiger partial charge in [0.1, 0.15) is 5.82 Å². The molecule has 0 radical (unpaired) electrons. The number of aromatic nitrogens is 2. The van der Waals surface area contributed by atoms with Crippen LogP contribution in [0, 0.1) is 0 Å². The number of benzene rings is 2. The lowest BCUT2D eigenvalue weighted by Crippen LogP contribution is -2.48. The van der Waals surface area contributed by atoms with Gasteiger partial charge in [0, 0.05) is 31.6 Å². The normalized spacial score (nSPS) is 16.2. The Labute approximate surface area is 164 Å². The van der Waals surface area contributed by atoms with Gasteiger partial charge in [-0.1, -0.05) is 12.1 Å². The summed E-state index contributed by atoms with van der Waals surface area (Å²) in [7, 11) is -3.65. The second-order valence-corrected chi connectivity index (χ2v) is 9.31. The first-order valence-corrected chi connectivity index (χ1v) is 11.0. The number of rotatable bonds is 3. The number of hydrogen-bond donors (Lipinski definition) is 1. The lowest BCUT2D eigenvalue weighted by Gasteiger charge is -2.34. The molecule has 0 aliphatic carbocycles. The number of nitrogens with zero attached hydrogens (tertiary/aromatic N) is 3. The summed E-state index contributed by atoms with van der Waals surface area (Å²) in [6, 6.07) is 12.4. The van der Waals surface area contributed by atoms with E-state index in [1.165, 1.54) is 34.0 Å². The number of oxazole rings is 1. The van der Waals surface area contributed by atoms with E-state index in [4.69, 9.17) is 4.42 Å². The van der Waals surface area contributed by atoms with Crippen molar-refractivity contribution < 1.29 is 12.8 Å². The first kappa shape index (κ1) is 17.4. The van der Waals surface area contributed by atoms with Gasteiger partial charge < -0.3 is 9.32 Å². The third-order valence-corrected chi connectivity index (χ3v) is 7.64. The zero-order valence-corrected chi connectivity index (χ0v) is 16.3. The molecule has 5 rings (SSSR count). The molecule has 1 aliphatic rings. The lowest BCUT2D eigenvalue weighted by molar-refractivity contribution is 0.384. The third-order valence-electron chi connectivity index (χ3n) is 4.92. The van der Waals surface area contributed by atoms with E-state index in [0.717, 1.165) is 15.9 Å². The van der Waals surface area contributed by atoms with Crippen molar-refractivity contribution >= 4 is 48.6 Å². The molecule has 144 valence electrons. The molecule has 10 heteroatoms. The van der Waals surface area contributed by atoms with Crippen molar-refractivity contribution in [3.05, 3.63) is 53.0 Å². The number of sulfonamides is 1. The van der Waals surface area contributed by atoms with E-state index < -0.39 is 15.8 Å². The number of anilines is 1. The fourth-order valence-electron chi connectivity index (χ4n) is 3.48. The Bertz CT molecular complexity index is 1330. The SMILES string of the molecule is O=c1[nH]c2cc(S(=O)(=O)N3CCN(c4nsc5ccccc45)CC3)ccc2o1. The molecule has 0 bridgehead atoms. The average Bonchev–Trinajstić information content (AvgIpc) is 3.30. The zero-order valence-electron chi connectivity index (χ0n) is 14.7. The fraction of sp³-hybridized carbons (Fsp3) is 0.222. The standard InChI is InChI=1S/C18H16N4O4S2/c23-18-19-14-11-12(5-6-15(14)26-18)28(24,25)22-9-7-21(8-10-22)17-13-3-1-2-4-16(13)27-20-17/h1-6,11H,7-10H2,(H,19,23). The summed E-state index contributed by atoms with van der Waals surface area (Å²) < 4.78 is 38.1. The number of hydrogen-bond acceptors (Lipinski definition) is 7. The second kappa shape index (κ2) is 6.43. The summed E-state index contributed by atoms with van der Waals surface area (Å²) in [6.07, 6.45) is 0. The number of aromatic amines is 1. The summed E-state index contributed by atoms with van der Waals surface area (Å²) in [6.45, 7) is 1.87. The van der Waals surface area contributed by atoms with Crippen molar-refractivity contribution in [2.45, 2.75) is 4.90 Å². The maximum absolute atomic E-state index is 13.0. The van der Waals surface area contributed by atoms with Crippen LogP contribution in [-0.4, -0.2) is 48.3 Å². The Morgan fingerprint density at radius 1 is 1.07 bits per heavy atom. The molecule has 28 heavy (non-hydrogen) atoms. The van der Waals surface area contributed by atoms with Crippen LogP contribution in [0.3, 0.4) is 0 Å². The first-order chi connectivity index (χ1) is 13.5. The van der Waals surface area contributed by atoms with Crippen LogP contribution in [0.4, 0.5) is 5.82 Å². The predicted octanol–water partition coefficient (Wildman–Crippen LogP) is 2.24. The summed E-state index contributed by atoms with van der Waals surface area (Å²) in [4.78, 5) is 16.1. The highest BCUT2D eigenvalue weighted by Gasteiger charge is 2.30. The third kappa shape index (κ3) is 2.81. The van der Waals surface area contributed by atoms with Crippen LogP contribution in [-0.2, 0) is 10.0 Å². The maximum Gasteiger partial charge on any atom is 0.417 e. The van der Waals surface area contributed by atoms with E-state index in [9.17, 15) is 13.2 Å². The van der Waals surface area contributed by atoms with Crippen LogP contribution in [0.25, 0.3) is 21.2 Å². The first-order valence-electron chi connectivity index (χ1n) is 8.75. The summed E-state index contributed by atoms with van der Waals surface area (Å²) in [5, 5.41) is 1.10. The molecular weight excluding hydrogens is 400 g/mol. The Balaban J connectivity index is 1.38. The van der Waals surface area contributed by atoms with Gasteiger partial charge in [0.05, 0.1) is 15.1 Å². The molecule has 2 aromatic carbocycles. The van der Waals surface area contributed by atoms with Crippen molar-refractivity contribution in [3.63, 3.8) is 0 Å². The lowest BCUT2D eigenvalue weighted by atomic mass is 10.2. The molecule has 0 saturated carbocycles. The van der Waals surface area contributed by atoms with Gasteiger partial charge in [-0.2, -0.15) is 8.68 Å². The second-order valence-electron chi connectivity index (χ2n) is 6.57. The molecular formula is C18H16N4O4S2. The van der Waals surface area contributed by atoms with E-state index in [1.807, 2.05) is 24.3 Å². The van der Waals surface area contributed by atoms with E-state index in [1.54, 1.807) is 0 Å². The van der Waals surface area contributed by atoms with Gasteiger partial charge in [-0.25, -0.2) is 13.2 Å². The monoisotopic (exact) mass is 416 g/mol. The Hall–Kier alpha value is -2.69. The largest absolute Gasteiger partial charge is 0.417 e. The quantitative estimate of drug-likeness (QED) is 0.550. The molecule has 1 aliphatic heterocycles. The zero-order chi connectivity index (χ0) is 19.3. The minimum Gasteiger partial charge on any atom is -0.408 e. The molecule has 0 amide bonds. The highest BCUT2D eigenvalue weighted by Crippen LogP contribution is 2.30. The van der Waals surface area contributed by atoms with E-state index in [-0.39, 0.29) is 4.90 Å². The van der Waals surface area contributed by atoms with Gasteiger partial charge in [-0.3, -0.25) is 4.98 Å². The fourth-order valence-corrected chi connectivity index (χ4v) is 5.73. The molecule has 3 heterocycles.